The van der Waals surface area contributed by atoms with E-state index in [-0.39, 0.29) is 30.0 Å². The normalized spacial score (nSPS) is 14.8. The zero-order chi connectivity index (χ0) is 31.5. The Bertz CT molecular complexity index is 1740. The second-order valence-corrected chi connectivity index (χ2v) is 13.2. The highest BCUT2D eigenvalue weighted by Gasteiger charge is 2.39. The Morgan fingerprint density at radius 1 is 1.02 bits per heavy atom. The Kier molecular flexibility index (Phi) is 9.14. The third-order valence-corrected chi connectivity index (χ3v) is 9.67. The van der Waals surface area contributed by atoms with Crippen LogP contribution in [0.15, 0.2) is 70.3 Å². The summed E-state index contributed by atoms with van der Waals surface area (Å²) < 4.78 is 46.3. The maximum Gasteiger partial charge on any atom is 0.269 e. The van der Waals surface area contributed by atoms with Crippen LogP contribution in [0.3, 0.4) is 0 Å². The van der Waals surface area contributed by atoms with Gasteiger partial charge in [-0.3, -0.25) is 4.79 Å². The monoisotopic (exact) mass is 619 g/mol. The van der Waals surface area contributed by atoms with Crippen LogP contribution in [0.1, 0.15) is 37.1 Å². The smallest absolute Gasteiger partial charge is 0.269 e. The number of methoxy groups -OCH3 is 1. The van der Waals surface area contributed by atoms with Gasteiger partial charge in [0, 0.05) is 54.7 Å². The first-order chi connectivity index (χ1) is 21.0. The lowest BCUT2D eigenvalue weighted by atomic mass is 9.92. The molecule has 3 heterocycles. The van der Waals surface area contributed by atoms with Gasteiger partial charge in [0.15, 0.2) is 5.82 Å². The van der Waals surface area contributed by atoms with Gasteiger partial charge in [0.25, 0.3) is 10.0 Å². The molecule has 12 heteroatoms. The summed E-state index contributed by atoms with van der Waals surface area (Å²) in [6, 6.07) is 14.2. The van der Waals surface area contributed by atoms with Gasteiger partial charge < -0.3 is 18.9 Å². The molecular weight excluding hydrogens is 582 g/mol. The summed E-state index contributed by atoms with van der Waals surface area (Å²) in [4.78, 5) is 23.9. The molecule has 0 atom stereocenters. The van der Waals surface area contributed by atoms with E-state index in [4.69, 9.17) is 14.0 Å². The van der Waals surface area contributed by atoms with Gasteiger partial charge >= 0.3 is 0 Å². The number of carbonyl (C=O) groups excluding carboxylic acids is 1. The summed E-state index contributed by atoms with van der Waals surface area (Å²) in [5.41, 5.74) is 3.39. The van der Waals surface area contributed by atoms with E-state index in [2.05, 4.69) is 15.1 Å². The van der Waals surface area contributed by atoms with Crippen molar-refractivity contribution >= 4 is 21.8 Å². The standard InChI is InChI=1S/C32H37N5O6S/c1-22-23(2)35-43-30(22)37(21-42-18-17-41-5)44(39,40)28-10-7-6-9-27(28)26-12-11-24(29-33-14-8-15-34-29)19-25(26)20-36-16-13-32(3,4)31(36)38/h6-12,14-15,19H,13,16-18,20-21H2,1-5H3. The molecule has 0 N–H and O–H groups in total. The molecule has 0 saturated carbocycles. The Morgan fingerprint density at radius 3 is 2.43 bits per heavy atom. The fraction of sp³-hybridized carbons (Fsp3) is 0.375. The van der Waals surface area contributed by atoms with Gasteiger partial charge in [0.2, 0.25) is 11.8 Å². The number of anilines is 1. The average molecular weight is 620 g/mol. The van der Waals surface area contributed by atoms with Gasteiger partial charge in [-0.05, 0) is 49.6 Å². The number of aromatic nitrogens is 3. The van der Waals surface area contributed by atoms with Crippen LogP contribution >= 0.6 is 0 Å². The number of rotatable bonds is 12. The predicted molar refractivity (Wildman–Crippen MR) is 165 cm³/mol. The number of amides is 1. The van der Waals surface area contributed by atoms with Gasteiger partial charge in [-0.15, -0.1) is 0 Å². The minimum absolute atomic E-state index is 0.0567. The Hall–Kier alpha value is -4.13. The molecule has 1 aliphatic heterocycles. The van der Waals surface area contributed by atoms with Crippen LogP contribution in [0.5, 0.6) is 0 Å². The van der Waals surface area contributed by atoms with Crippen molar-refractivity contribution in [3.05, 3.63) is 77.7 Å². The fourth-order valence-electron chi connectivity index (χ4n) is 5.18. The third kappa shape index (κ3) is 6.23. The Labute approximate surface area is 257 Å². The molecule has 11 nitrogen and oxygen atoms in total. The number of sulfonamides is 1. The van der Waals surface area contributed by atoms with Crippen molar-refractivity contribution in [1.29, 1.82) is 0 Å². The molecule has 4 aromatic rings. The summed E-state index contributed by atoms with van der Waals surface area (Å²) >= 11 is 0. The zero-order valence-corrected chi connectivity index (χ0v) is 26.4. The van der Waals surface area contributed by atoms with E-state index < -0.39 is 15.4 Å². The maximum absolute atomic E-state index is 14.5. The van der Waals surface area contributed by atoms with Gasteiger partial charge in [0.1, 0.15) is 6.73 Å². The molecule has 0 aliphatic carbocycles. The number of carbonyl (C=O) groups is 1. The first kappa shape index (κ1) is 31.3. The highest BCUT2D eigenvalue weighted by Crippen LogP contribution is 2.38. The lowest BCUT2D eigenvalue weighted by Gasteiger charge is -2.25. The molecule has 1 aliphatic rings. The highest BCUT2D eigenvalue weighted by atomic mass is 32.2. The number of benzene rings is 2. The number of ether oxygens (including phenoxy) is 2. The van der Waals surface area contributed by atoms with E-state index in [1.54, 1.807) is 63.7 Å². The van der Waals surface area contributed by atoms with Crippen LogP contribution in [0.25, 0.3) is 22.5 Å². The minimum atomic E-state index is -4.24. The topological polar surface area (TPSA) is 128 Å². The Morgan fingerprint density at radius 2 is 1.77 bits per heavy atom. The van der Waals surface area contributed by atoms with E-state index in [1.807, 2.05) is 36.9 Å². The summed E-state index contributed by atoms with van der Waals surface area (Å²) in [5, 5.41) is 3.99. The van der Waals surface area contributed by atoms with Crippen LogP contribution in [0, 0.1) is 19.3 Å². The van der Waals surface area contributed by atoms with Crippen LogP contribution < -0.4 is 4.31 Å². The maximum atomic E-state index is 14.5. The molecule has 232 valence electrons. The molecule has 44 heavy (non-hydrogen) atoms. The number of likely N-dealkylation sites (tertiary alicyclic amines) is 1. The second kappa shape index (κ2) is 12.8. The summed E-state index contributed by atoms with van der Waals surface area (Å²) in [7, 11) is -2.69. The van der Waals surface area contributed by atoms with Crippen molar-refractivity contribution in [2.45, 2.75) is 45.6 Å². The predicted octanol–water partition coefficient (Wildman–Crippen LogP) is 4.99. The number of aryl methyl sites for hydroxylation is 1. The molecule has 1 saturated heterocycles. The lowest BCUT2D eigenvalue weighted by molar-refractivity contribution is -0.135. The molecule has 0 spiro atoms. The van der Waals surface area contributed by atoms with E-state index in [9.17, 15) is 13.2 Å². The highest BCUT2D eigenvalue weighted by molar-refractivity contribution is 7.93. The number of hydrogen-bond acceptors (Lipinski definition) is 9. The molecule has 5 rings (SSSR count). The van der Waals surface area contributed by atoms with E-state index in [0.29, 0.717) is 47.9 Å². The van der Waals surface area contributed by atoms with E-state index in [0.717, 1.165) is 21.9 Å². The third-order valence-electron chi connectivity index (χ3n) is 7.91. The van der Waals surface area contributed by atoms with Gasteiger partial charge in [-0.1, -0.05) is 49.3 Å². The van der Waals surface area contributed by atoms with Crippen molar-refractivity contribution in [1.82, 2.24) is 20.0 Å². The van der Waals surface area contributed by atoms with Crippen LogP contribution in [-0.4, -0.2) is 67.9 Å². The van der Waals surface area contributed by atoms with Crippen molar-refractivity contribution in [2.75, 3.05) is 37.9 Å². The van der Waals surface area contributed by atoms with Gasteiger partial charge in [-0.2, -0.15) is 0 Å². The van der Waals surface area contributed by atoms with Crippen molar-refractivity contribution < 1.29 is 27.2 Å². The molecule has 0 bridgehead atoms. The fourth-order valence-corrected chi connectivity index (χ4v) is 6.72. The minimum Gasteiger partial charge on any atom is -0.382 e. The largest absolute Gasteiger partial charge is 0.382 e. The molecule has 1 fully saturated rings. The van der Waals surface area contributed by atoms with E-state index >= 15 is 0 Å². The van der Waals surface area contributed by atoms with Gasteiger partial charge in [-0.25, -0.2) is 22.7 Å². The molecule has 1 amide bonds. The quantitative estimate of drug-likeness (QED) is 0.159. The van der Waals surface area contributed by atoms with Gasteiger partial charge in [0.05, 0.1) is 23.8 Å². The summed E-state index contributed by atoms with van der Waals surface area (Å²) in [5.74, 6) is 0.669. The first-order valence-electron chi connectivity index (χ1n) is 14.4. The summed E-state index contributed by atoms with van der Waals surface area (Å²) in [6.07, 6.45) is 4.07. The number of hydrogen-bond donors (Lipinski definition) is 0. The Balaban J connectivity index is 1.62. The lowest BCUT2D eigenvalue weighted by Crippen LogP contribution is -2.34. The molecule has 2 aromatic heterocycles. The van der Waals surface area contributed by atoms with E-state index in [1.165, 1.54) is 0 Å². The van der Waals surface area contributed by atoms with Crippen LogP contribution in [-0.2, 0) is 30.8 Å². The molecular formula is C32H37N5O6S. The molecule has 2 aromatic carbocycles. The molecule has 0 unspecified atom stereocenters. The van der Waals surface area contributed by atoms with Crippen molar-refractivity contribution in [3.8, 4) is 22.5 Å². The van der Waals surface area contributed by atoms with Crippen molar-refractivity contribution in [3.63, 3.8) is 0 Å². The van der Waals surface area contributed by atoms with Crippen molar-refractivity contribution in [2.24, 2.45) is 5.41 Å². The zero-order valence-electron chi connectivity index (χ0n) is 25.6. The first-order valence-corrected chi connectivity index (χ1v) is 15.8. The number of nitrogens with zero attached hydrogens (tertiary/aromatic N) is 5. The average Bonchev–Trinajstić information content (AvgIpc) is 3.48. The SMILES string of the molecule is COCCOCN(c1onc(C)c1C)S(=O)(=O)c1ccccc1-c1ccc(-c2ncccn2)cc1CN1CCC(C)(C)C1=O. The van der Waals surface area contributed by atoms with Crippen LogP contribution in [0.4, 0.5) is 5.88 Å². The molecule has 0 radical (unpaired) electrons. The van der Waals surface area contributed by atoms with Crippen LogP contribution in [0.2, 0.25) is 0 Å². The summed E-state index contributed by atoms with van der Waals surface area (Å²) in [6.45, 7) is 8.48. The second-order valence-electron chi connectivity index (χ2n) is 11.4.